The van der Waals surface area contributed by atoms with Crippen molar-refractivity contribution < 1.29 is 0 Å². The highest BCUT2D eigenvalue weighted by molar-refractivity contribution is 7.26. The molecule has 1 nitrogen and oxygen atoms in total. The molecule has 2 heteroatoms. The Bertz CT molecular complexity index is 3600. The van der Waals surface area contributed by atoms with Crippen LogP contribution in [0.4, 0.5) is 11.4 Å². The van der Waals surface area contributed by atoms with E-state index in [0.29, 0.717) is 0 Å². The number of hydrogen-bond acceptors (Lipinski definition) is 2. The van der Waals surface area contributed by atoms with E-state index in [-0.39, 0.29) is 11.8 Å². The van der Waals surface area contributed by atoms with Crippen LogP contribution in [0, 0.1) is 5.92 Å². The van der Waals surface area contributed by atoms with E-state index in [2.05, 4.69) is 242 Å². The minimum atomic E-state index is 0.143. The molecule has 298 valence electrons. The molecule has 2 atom stereocenters. The van der Waals surface area contributed by atoms with E-state index in [1.165, 1.54) is 91.4 Å². The van der Waals surface area contributed by atoms with Crippen LogP contribution in [0.2, 0.25) is 0 Å². The number of para-hydroxylation sites is 2. The van der Waals surface area contributed by atoms with Gasteiger partial charge in [0, 0.05) is 48.5 Å². The zero-order valence-corrected chi connectivity index (χ0v) is 35.8. The number of allylic oxidation sites excluding steroid dienone is 3. The van der Waals surface area contributed by atoms with Crippen molar-refractivity contribution in [1.82, 2.24) is 0 Å². The van der Waals surface area contributed by atoms with Gasteiger partial charge in [0.15, 0.2) is 0 Å². The molecule has 1 aliphatic rings. The number of fused-ring (bicyclic) bond motifs is 7. The van der Waals surface area contributed by atoms with Crippen LogP contribution in [-0.4, -0.2) is 0 Å². The smallest absolute Gasteiger partial charge is 0.0540 e. The van der Waals surface area contributed by atoms with Crippen LogP contribution in [0.25, 0.3) is 85.9 Å². The van der Waals surface area contributed by atoms with Gasteiger partial charge in [-0.05, 0) is 84.8 Å². The highest BCUT2D eigenvalue weighted by Crippen LogP contribution is 2.49. The molecular formula is C61H43NS. The van der Waals surface area contributed by atoms with Crippen molar-refractivity contribution in [2.75, 3.05) is 4.90 Å². The van der Waals surface area contributed by atoms with Crippen molar-refractivity contribution in [2.24, 2.45) is 5.92 Å². The summed E-state index contributed by atoms with van der Waals surface area (Å²) >= 11 is 1.89. The Morgan fingerprint density at radius 3 is 1.83 bits per heavy atom. The molecule has 0 spiro atoms. The summed E-state index contributed by atoms with van der Waals surface area (Å²) in [5.41, 5.74) is 12.1. The summed E-state index contributed by atoms with van der Waals surface area (Å²) in [4.78, 5) is 2.55. The van der Waals surface area contributed by atoms with E-state index >= 15 is 0 Å². The molecule has 1 aromatic heterocycles. The molecule has 0 aliphatic heterocycles. The Morgan fingerprint density at radius 2 is 1.00 bits per heavy atom. The molecule has 1 aliphatic carbocycles. The van der Waals surface area contributed by atoms with Crippen LogP contribution in [0.15, 0.2) is 236 Å². The summed E-state index contributed by atoms with van der Waals surface area (Å²) in [5.74, 6) is 0.432. The van der Waals surface area contributed by atoms with Crippen molar-refractivity contribution in [1.29, 1.82) is 0 Å². The molecule has 12 rings (SSSR count). The maximum Gasteiger partial charge on any atom is 0.0540 e. The highest BCUT2D eigenvalue weighted by atomic mass is 32.1. The third-order valence-electron chi connectivity index (χ3n) is 13.2. The zero-order chi connectivity index (χ0) is 41.9. The summed E-state index contributed by atoms with van der Waals surface area (Å²) in [7, 11) is 0. The Labute approximate surface area is 372 Å². The fourth-order valence-corrected chi connectivity index (χ4v) is 11.5. The summed E-state index contributed by atoms with van der Waals surface area (Å²) in [6.45, 7) is 2.37. The maximum atomic E-state index is 2.55. The highest BCUT2D eigenvalue weighted by Gasteiger charge is 2.28. The number of rotatable bonds is 7. The van der Waals surface area contributed by atoms with Gasteiger partial charge in [-0.25, -0.2) is 0 Å². The number of benzene rings is 10. The van der Waals surface area contributed by atoms with Gasteiger partial charge < -0.3 is 4.90 Å². The largest absolute Gasteiger partial charge is 0.310 e. The van der Waals surface area contributed by atoms with E-state index in [1.54, 1.807) is 0 Å². The van der Waals surface area contributed by atoms with Crippen molar-refractivity contribution in [2.45, 2.75) is 12.8 Å². The SMILES string of the molecule is CC1C=CC(N(c2ccccc2-c2cccc3c2sc2ccccc23)c2ccccc2-c2cccc3cccc(-c4ccccc4)c23)=CC1c1cccc2c1ccc1ccccc12. The predicted octanol–water partition coefficient (Wildman–Crippen LogP) is 17.5. The second kappa shape index (κ2) is 15.4. The van der Waals surface area contributed by atoms with Crippen molar-refractivity contribution >= 4 is 75.2 Å². The second-order valence-electron chi connectivity index (χ2n) is 16.8. The Hall–Kier alpha value is -7.52. The summed E-state index contributed by atoms with van der Waals surface area (Å²) in [6, 6.07) is 78.3. The van der Waals surface area contributed by atoms with E-state index in [1.807, 2.05) is 11.3 Å². The van der Waals surface area contributed by atoms with Crippen LogP contribution in [0.1, 0.15) is 18.4 Å². The maximum absolute atomic E-state index is 2.55. The number of thiophene rings is 1. The van der Waals surface area contributed by atoms with E-state index < -0.39 is 0 Å². The first-order valence-corrected chi connectivity index (χ1v) is 22.8. The Morgan fingerprint density at radius 1 is 0.413 bits per heavy atom. The van der Waals surface area contributed by atoms with Crippen molar-refractivity contribution in [3.63, 3.8) is 0 Å². The van der Waals surface area contributed by atoms with Gasteiger partial charge in [0.2, 0.25) is 0 Å². The van der Waals surface area contributed by atoms with Gasteiger partial charge in [0.05, 0.1) is 11.4 Å². The van der Waals surface area contributed by atoms with E-state index in [4.69, 9.17) is 0 Å². The molecule has 10 aromatic carbocycles. The lowest BCUT2D eigenvalue weighted by Gasteiger charge is -2.34. The molecule has 0 radical (unpaired) electrons. The molecule has 0 N–H and O–H groups in total. The monoisotopic (exact) mass is 821 g/mol. The fourth-order valence-electron chi connectivity index (χ4n) is 10.2. The van der Waals surface area contributed by atoms with Crippen molar-refractivity contribution in [3.8, 4) is 33.4 Å². The van der Waals surface area contributed by atoms with Crippen molar-refractivity contribution in [3.05, 3.63) is 242 Å². The Kier molecular flexibility index (Phi) is 9.13. The molecule has 0 saturated carbocycles. The Balaban J connectivity index is 1.12. The topological polar surface area (TPSA) is 3.24 Å². The first-order valence-electron chi connectivity index (χ1n) is 22.0. The molecule has 0 bridgehead atoms. The number of anilines is 2. The normalized spacial score (nSPS) is 15.1. The molecule has 0 amide bonds. The lowest BCUT2D eigenvalue weighted by Crippen LogP contribution is -2.21. The lowest BCUT2D eigenvalue weighted by molar-refractivity contribution is 0.633. The summed E-state index contributed by atoms with van der Waals surface area (Å²) in [6.07, 6.45) is 7.34. The quantitative estimate of drug-likeness (QED) is 0.145. The molecule has 0 fully saturated rings. The molecule has 63 heavy (non-hydrogen) atoms. The number of hydrogen-bond donors (Lipinski definition) is 0. The third kappa shape index (κ3) is 6.29. The van der Waals surface area contributed by atoms with Gasteiger partial charge in [-0.1, -0.05) is 213 Å². The van der Waals surface area contributed by atoms with Gasteiger partial charge in [0.25, 0.3) is 0 Å². The average molecular weight is 822 g/mol. The third-order valence-corrected chi connectivity index (χ3v) is 14.4. The van der Waals surface area contributed by atoms with Crippen LogP contribution in [0.5, 0.6) is 0 Å². The minimum Gasteiger partial charge on any atom is -0.310 e. The average Bonchev–Trinajstić information content (AvgIpc) is 3.74. The number of nitrogens with zero attached hydrogens (tertiary/aromatic N) is 1. The van der Waals surface area contributed by atoms with E-state index in [9.17, 15) is 0 Å². The molecule has 2 unspecified atom stereocenters. The molecular weight excluding hydrogens is 779 g/mol. The van der Waals surface area contributed by atoms with Crippen LogP contribution < -0.4 is 4.90 Å². The predicted molar refractivity (Wildman–Crippen MR) is 272 cm³/mol. The van der Waals surface area contributed by atoms with Gasteiger partial charge in [0.1, 0.15) is 0 Å². The second-order valence-corrected chi connectivity index (χ2v) is 17.8. The van der Waals surface area contributed by atoms with Crippen LogP contribution in [-0.2, 0) is 0 Å². The van der Waals surface area contributed by atoms with Gasteiger partial charge in [-0.15, -0.1) is 11.3 Å². The zero-order valence-electron chi connectivity index (χ0n) is 34.9. The van der Waals surface area contributed by atoms with Crippen LogP contribution >= 0.6 is 11.3 Å². The summed E-state index contributed by atoms with van der Waals surface area (Å²) < 4.78 is 2.62. The summed E-state index contributed by atoms with van der Waals surface area (Å²) in [5, 5.41) is 10.3. The molecule has 0 saturated heterocycles. The van der Waals surface area contributed by atoms with E-state index in [0.717, 1.165) is 17.1 Å². The van der Waals surface area contributed by atoms with Crippen LogP contribution in [0.3, 0.4) is 0 Å². The van der Waals surface area contributed by atoms with Gasteiger partial charge in [-0.2, -0.15) is 0 Å². The fraction of sp³-hybridized carbons (Fsp3) is 0.0492. The first-order chi connectivity index (χ1) is 31.2. The molecule has 1 heterocycles. The molecule has 11 aromatic rings. The van der Waals surface area contributed by atoms with Gasteiger partial charge >= 0.3 is 0 Å². The minimum absolute atomic E-state index is 0.143. The lowest BCUT2D eigenvalue weighted by atomic mass is 9.80. The van der Waals surface area contributed by atoms with Gasteiger partial charge in [-0.3, -0.25) is 0 Å². The standard InChI is InChI=1S/C61H43NS/c1-40-35-37-44(39-56(40)48-28-15-27-47-45-22-6-5-19-42(45)36-38-49(47)48)62(58-33-11-8-24-51(58)54-30-16-31-55-52-25-9-12-34-59(52)63-61(54)55)57-32-10-7-23-50(57)53-29-14-21-43-20-13-26-46(60(43)53)41-17-3-2-4-18-41/h2-40,56H,1H3. The first kappa shape index (κ1) is 37.3.